The van der Waals surface area contributed by atoms with E-state index in [9.17, 15) is 4.39 Å². The van der Waals surface area contributed by atoms with Gasteiger partial charge in [-0.2, -0.15) is 0 Å². The van der Waals surface area contributed by atoms with Crippen molar-refractivity contribution >= 4 is 27.5 Å². The monoisotopic (exact) mass is 457 g/mol. The Kier molecular flexibility index (Phi) is 7.95. The van der Waals surface area contributed by atoms with Gasteiger partial charge in [-0.15, -0.1) is 0 Å². The fourth-order valence-electron chi connectivity index (χ4n) is 2.41. The minimum Gasteiger partial charge on any atom is -0.490 e. The van der Waals surface area contributed by atoms with E-state index in [0.29, 0.717) is 35.2 Å². The Hall–Kier alpha value is -1.30. The minimum absolute atomic E-state index is 0.0185. The van der Waals surface area contributed by atoms with Gasteiger partial charge in [-0.3, -0.25) is 0 Å². The van der Waals surface area contributed by atoms with E-state index in [1.807, 2.05) is 19.1 Å². The highest BCUT2D eigenvalue weighted by atomic mass is 79.9. The first-order chi connectivity index (χ1) is 12.8. The van der Waals surface area contributed by atoms with Gasteiger partial charge in [-0.1, -0.05) is 24.6 Å². The second kappa shape index (κ2) is 9.76. The van der Waals surface area contributed by atoms with Crippen molar-refractivity contribution in [3.05, 3.63) is 56.8 Å². The van der Waals surface area contributed by atoms with Crippen LogP contribution in [0, 0.1) is 5.82 Å². The Balaban J connectivity index is 2.22. The molecule has 1 N–H and O–H groups in total. The van der Waals surface area contributed by atoms with E-state index in [4.69, 9.17) is 21.1 Å². The van der Waals surface area contributed by atoms with Crippen LogP contribution < -0.4 is 14.8 Å². The summed E-state index contributed by atoms with van der Waals surface area (Å²) in [5.41, 5.74) is 1.45. The Morgan fingerprint density at radius 2 is 1.93 bits per heavy atom. The lowest BCUT2D eigenvalue weighted by Crippen LogP contribution is -2.37. The summed E-state index contributed by atoms with van der Waals surface area (Å²) in [6.07, 6.45) is 1.02. The number of rotatable bonds is 9. The summed E-state index contributed by atoms with van der Waals surface area (Å²) < 4.78 is 26.4. The van der Waals surface area contributed by atoms with Crippen molar-refractivity contribution in [2.24, 2.45) is 0 Å². The van der Waals surface area contributed by atoms with Gasteiger partial charge in [0.1, 0.15) is 12.4 Å². The van der Waals surface area contributed by atoms with E-state index in [-0.39, 0.29) is 18.0 Å². The first-order valence-electron chi connectivity index (χ1n) is 9.03. The molecule has 0 atom stereocenters. The van der Waals surface area contributed by atoms with Gasteiger partial charge >= 0.3 is 0 Å². The lowest BCUT2D eigenvalue weighted by atomic mass is 10.0. The smallest absolute Gasteiger partial charge is 0.175 e. The largest absolute Gasteiger partial charge is 0.490 e. The average molecular weight is 459 g/mol. The van der Waals surface area contributed by atoms with Gasteiger partial charge in [0, 0.05) is 17.6 Å². The lowest BCUT2D eigenvalue weighted by molar-refractivity contribution is 0.264. The number of hydrogen-bond donors (Lipinski definition) is 1. The lowest BCUT2D eigenvalue weighted by Gasteiger charge is -2.25. The molecule has 0 fully saturated rings. The SMILES string of the molecule is CCOc1cc(CNC(C)(C)CC)cc(Br)c1OCc1c(F)cccc1Cl. The molecule has 0 unspecified atom stereocenters. The van der Waals surface area contributed by atoms with Crippen molar-refractivity contribution in [3.63, 3.8) is 0 Å². The van der Waals surface area contributed by atoms with Gasteiger partial charge < -0.3 is 14.8 Å². The zero-order valence-corrected chi connectivity index (χ0v) is 18.5. The molecular formula is C21H26BrClFNO2. The Morgan fingerprint density at radius 3 is 2.56 bits per heavy atom. The molecule has 0 saturated carbocycles. The Morgan fingerprint density at radius 1 is 1.19 bits per heavy atom. The first-order valence-corrected chi connectivity index (χ1v) is 10.2. The van der Waals surface area contributed by atoms with Crippen molar-refractivity contribution in [1.29, 1.82) is 0 Å². The van der Waals surface area contributed by atoms with Gasteiger partial charge in [-0.25, -0.2) is 4.39 Å². The molecule has 0 aliphatic rings. The van der Waals surface area contributed by atoms with Crippen LogP contribution in [0.3, 0.4) is 0 Å². The van der Waals surface area contributed by atoms with Crippen molar-refractivity contribution in [2.45, 2.75) is 52.8 Å². The zero-order chi connectivity index (χ0) is 20.0. The molecule has 3 nitrogen and oxygen atoms in total. The van der Waals surface area contributed by atoms with E-state index in [0.717, 1.165) is 16.5 Å². The minimum atomic E-state index is -0.390. The van der Waals surface area contributed by atoms with Crippen LogP contribution in [0.15, 0.2) is 34.8 Å². The highest BCUT2D eigenvalue weighted by molar-refractivity contribution is 9.10. The second-order valence-corrected chi connectivity index (χ2v) is 8.18. The number of halogens is 3. The third kappa shape index (κ3) is 6.09. The van der Waals surface area contributed by atoms with Gasteiger partial charge in [0.25, 0.3) is 0 Å². The first kappa shape index (κ1) is 22.0. The highest BCUT2D eigenvalue weighted by Crippen LogP contribution is 2.38. The molecule has 0 saturated heterocycles. The topological polar surface area (TPSA) is 30.5 Å². The van der Waals surface area contributed by atoms with E-state index >= 15 is 0 Å². The molecule has 148 valence electrons. The van der Waals surface area contributed by atoms with Gasteiger partial charge in [0.2, 0.25) is 0 Å². The van der Waals surface area contributed by atoms with E-state index in [2.05, 4.69) is 42.0 Å². The highest BCUT2D eigenvalue weighted by Gasteiger charge is 2.17. The Bertz CT molecular complexity index is 763. The predicted octanol–water partition coefficient (Wildman–Crippen LogP) is 6.50. The van der Waals surface area contributed by atoms with Crippen LogP contribution in [-0.2, 0) is 13.2 Å². The molecule has 0 bridgehead atoms. The predicted molar refractivity (Wildman–Crippen MR) is 112 cm³/mol. The van der Waals surface area contributed by atoms with Crippen LogP contribution in [0.25, 0.3) is 0 Å². The average Bonchev–Trinajstić information content (AvgIpc) is 2.61. The number of hydrogen-bond acceptors (Lipinski definition) is 3. The fraction of sp³-hybridized carbons (Fsp3) is 0.429. The number of benzene rings is 2. The van der Waals surface area contributed by atoms with Gasteiger partial charge in [-0.05, 0) is 73.0 Å². The molecule has 0 spiro atoms. The van der Waals surface area contributed by atoms with Crippen molar-refractivity contribution < 1.29 is 13.9 Å². The zero-order valence-electron chi connectivity index (χ0n) is 16.2. The molecule has 6 heteroatoms. The summed E-state index contributed by atoms with van der Waals surface area (Å²) >= 11 is 9.64. The quantitative estimate of drug-likeness (QED) is 0.465. The molecule has 0 aliphatic carbocycles. The van der Waals surface area contributed by atoms with Crippen molar-refractivity contribution in [3.8, 4) is 11.5 Å². The van der Waals surface area contributed by atoms with Crippen LogP contribution in [0.5, 0.6) is 11.5 Å². The van der Waals surface area contributed by atoms with Crippen LogP contribution in [-0.4, -0.2) is 12.1 Å². The summed E-state index contributed by atoms with van der Waals surface area (Å²) in [5.74, 6) is 0.763. The molecule has 2 aromatic carbocycles. The normalized spacial score (nSPS) is 11.5. The summed E-state index contributed by atoms with van der Waals surface area (Å²) in [5, 5.41) is 3.87. The molecule has 27 heavy (non-hydrogen) atoms. The summed E-state index contributed by atoms with van der Waals surface area (Å²) in [6, 6.07) is 8.52. The van der Waals surface area contributed by atoms with Crippen LogP contribution in [0.4, 0.5) is 4.39 Å². The van der Waals surface area contributed by atoms with Crippen molar-refractivity contribution in [1.82, 2.24) is 5.32 Å². The van der Waals surface area contributed by atoms with E-state index in [1.54, 1.807) is 12.1 Å². The summed E-state index contributed by atoms with van der Waals surface area (Å²) in [6.45, 7) is 9.63. The molecule has 0 aliphatic heterocycles. The molecule has 0 amide bonds. The number of ether oxygens (including phenoxy) is 2. The molecule has 0 aromatic heterocycles. The fourth-order valence-corrected chi connectivity index (χ4v) is 3.23. The third-order valence-electron chi connectivity index (χ3n) is 4.45. The summed E-state index contributed by atoms with van der Waals surface area (Å²) in [7, 11) is 0. The van der Waals surface area contributed by atoms with Gasteiger partial charge in [0.15, 0.2) is 11.5 Å². The standard InChI is InChI=1S/C21H26BrClFNO2/c1-5-21(3,4)25-12-14-10-16(22)20(19(11-14)26-6-2)27-13-15-17(23)8-7-9-18(15)24/h7-11,25H,5-6,12-13H2,1-4H3. The summed E-state index contributed by atoms with van der Waals surface area (Å²) in [4.78, 5) is 0. The van der Waals surface area contributed by atoms with Crippen LogP contribution in [0.1, 0.15) is 45.2 Å². The second-order valence-electron chi connectivity index (χ2n) is 6.92. The molecule has 2 rings (SSSR count). The van der Waals surface area contributed by atoms with Crippen LogP contribution >= 0.6 is 27.5 Å². The maximum atomic E-state index is 14.0. The Labute approximate surface area is 174 Å². The maximum absolute atomic E-state index is 14.0. The van der Waals surface area contributed by atoms with Crippen molar-refractivity contribution in [2.75, 3.05) is 6.61 Å². The van der Waals surface area contributed by atoms with E-state index in [1.165, 1.54) is 6.07 Å². The molecular weight excluding hydrogens is 433 g/mol. The number of nitrogens with one attached hydrogen (secondary N) is 1. The molecule has 2 aromatic rings. The van der Waals surface area contributed by atoms with Gasteiger partial charge in [0.05, 0.1) is 16.1 Å². The van der Waals surface area contributed by atoms with E-state index < -0.39 is 0 Å². The molecule has 0 heterocycles. The third-order valence-corrected chi connectivity index (χ3v) is 5.39. The molecule has 0 radical (unpaired) electrons. The maximum Gasteiger partial charge on any atom is 0.175 e. The van der Waals surface area contributed by atoms with Crippen LogP contribution in [0.2, 0.25) is 5.02 Å².